The van der Waals surface area contributed by atoms with Crippen LogP contribution in [0.3, 0.4) is 0 Å². The van der Waals surface area contributed by atoms with E-state index in [0.717, 1.165) is 45.4 Å². The first-order chi connectivity index (χ1) is 15.1. The highest BCUT2D eigenvalue weighted by Crippen LogP contribution is 2.39. The summed E-state index contributed by atoms with van der Waals surface area (Å²) in [5, 5.41) is 8.60. The molecule has 0 saturated carbocycles. The number of hydrogen-bond acceptors (Lipinski definition) is 4. The zero-order valence-corrected chi connectivity index (χ0v) is 17.8. The summed E-state index contributed by atoms with van der Waals surface area (Å²) >= 11 is 1.46. The smallest absolute Gasteiger partial charge is 0.257 e. The normalized spacial score (nSPS) is 14.9. The van der Waals surface area contributed by atoms with Gasteiger partial charge in [0.15, 0.2) is 5.13 Å². The Labute approximate surface area is 184 Å². The van der Waals surface area contributed by atoms with Gasteiger partial charge in [0, 0.05) is 21.5 Å². The second-order valence-electron chi connectivity index (χ2n) is 7.75. The van der Waals surface area contributed by atoms with Gasteiger partial charge >= 0.3 is 0 Å². The maximum absolute atomic E-state index is 13.1. The largest absolute Gasteiger partial charge is 0.325 e. The average Bonchev–Trinajstić information content (AvgIpc) is 3.34. The number of carbonyl (C=O) groups is 2. The number of fused-ring (bicyclic) bond motifs is 2. The minimum absolute atomic E-state index is 0.0585. The van der Waals surface area contributed by atoms with Crippen LogP contribution in [0.25, 0.3) is 10.8 Å². The number of thiazole rings is 1. The Kier molecular flexibility index (Phi) is 5.00. The van der Waals surface area contributed by atoms with Gasteiger partial charge in [0.25, 0.3) is 5.91 Å². The van der Waals surface area contributed by atoms with E-state index >= 15 is 0 Å². The molecule has 154 valence electrons. The molecule has 2 amide bonds. The molecule has 1 heterocycles. The second kappa shape index (κ2) is 7.96. The van der Waals surface area contributed by atoms with E-state index in [4.69, 9.17) is 0 Å². The maximum atomic E-state index is 13.1. The highest BCUT2D eigenvalue weighted by Gasteiger charge is 2.33. The number of nitrogens with zero attached hydrogens (tertiary/aromatic N) is 1. The Morgan fingerprint density at radius 3 is 2.58 bits per heavy atom. The van der Waals surface area contributed by atoms with E-state index < -0.39 is 0 Å². The first kappa shape index (κ1) is 19.5. The van der Waals surface area contributed by atoms with Gasteiger partial charge < -0.3 is 5.32 Å². The topological polar surface area (TPSA) is 71.1 Å². The van der Waals surface area contributed by atoms with Gasteiger partial charge in [-0.25, -0.2) is 4.98 Å². The van der Waals surface area contributed by atoms with Crippen molar-refractivity contribution in [2.75, 3.05) is 10.6 Å². The van der Waals surface area contributed by atoms with E-state index in [9.17, 15) is 9.59 Å². The van der Waals surface area contributed by atoms with Crippen molar-refractivity contribution < 1.29 is 9.59 Å². The quantitative estimate of drug-likeness (QED) is 0.450. The molecule has 1 aliphatic carbocycles. The van der Waals surface area contributed by atoms with Crippen LogP contribution in [0.15, 0.2) is 66.7 Å². The van der Waals surface area contributed by atoms with Crippen LogP contribution in [0.5, 0.6) is 0 Å². The zero-order valence-electron chi connectivity index (χ0n) is 17.0. The first-order valence-corrected chi connectivity index (χ1v) is 11.1. The lowest BCUT2D eigenvalue weighted by molar-refractivity contribution is -0.117. The predicted molar refractivity (Wildman–Crippen MR) is 125 cm³/mol. The lowest BCUT2D eigenvalue weighted by Crippen LogP contribution is -2.20. The first-order valence-electron chi connectivity index (χ1n) is 10.2. The molecular formula is C25H21N3O2S. The summed E-state index contributed by atoms with van der Waals surface area (Å²) in [6.07, 6.45) is 1.53. The minimum atomic E-state index is -0.310. The van der Waals surface area contributed by atoms with Crippen LogP contribution >= 0.6 is 11.3 Å². The molecule has 0 spiro atoms. The number of anilines is 2. The van der Waals surface area contributed by atoms with Gasteiger partial charge in [-0.15, -0.1) is 11.3 Å². The number of hydrogen-bond donors (Lipinski definition) is 2. The lowest BCUT2D eigenvalue weighted by Gasteiger charge is -2.13. The third-order valence-electron chi connectivity index (χ3n) is 5.62. The van der Waals surface area contributed by atoms with Gasteiger partial charge in [0.2, 0.25) is 5.91 Å². The number of amides is 2. The molecule has 31 heavy (non-hydrogen) atoms. The molecule has 0 radical (unpaired) electrons. The fourth-order valence-corrected chi connectivity index (χ4v) is 5.00. The van der Waals surface area contributed by atoms with E-state index in [1.54, 1.807) is 12.1 Å². The molecule has 0 aliphatic heterocycles. The summed E-state index contributed by atoms with van der Waals surface area (Å²) in [7, 11) is 0. The molecule has 5 rings (SSSR count). The van der Waals surface area contributed by atoms with Crippen LogP contribution in [0.4, 0.5) is 10.8 Å². The Morgan fingerprint density at radius 1 is 0.968 bits per heavy atom. The molecule has 1 aliphatic rings. The molecule has 0 bridgehead atoms. The summed E-state index contributed by atoms with van der Waals surface area (Å²) < 4.78 is 0. The van der Waals surface area contributed by atoms with Crippen molar-refractivity contribution in [2.45, 2.75) is 25.7 Å². The number of benzene rings is 3. The van der Waals surface area contributed by atoms with E-state index in [1.807, 2.05) is 61.5 Å². The summed E-state index contributed by atoms with van der Waals surface area (Å²) in [4.78, 5) is 31.3. The maximum Gasteiger partial charge on any atom is 0.257 e. The molecule has 5 nitrogen and oxygen atoms in total. The summed E-state index contributed by atoms with van der Waals surface area (Å²) in [6.45, 7) is 1.98. The van der Waals surface area contributed by atoms with E-state index in [1.165, 1.54) is 11.3 Å². The van der Waals surface area contributed by atoms with Crippen LogP contribution < -0.4 is 10.6 Å². The van der Waals surface area contributed by atoms with Crippen LogP contribution in [-0.2, 0) is 11.2 Å². The van der Waals surface area contributed by atoms with Crippen molar-refractivity contribution in [3.63, 3.8) is 0 Å². The fraction of sp³-hybridized carbons (Fsp3) is 0.160. The van der Waals surface area contributed by atoms with Gasteiger partial charge in [-0.3, -0.25) is 14.9 Å². The Morgan fingerprint density at radius 2 is 1.74 bits per heavy atom. The van der Waals surface area contributed by atoms with Crippen LogP contribution in [0.2, 0.25) is 0 Å². The third-order valence-corrected chi connectivity index (χ3v) is 6.66. The number of carbonyl (C=O) groups excluding carboxylic acids is 2. The van der Waals surface area contributed by atoms with Crippen molar-refractivity contribution in [3.8, 4) is 0 Å². The zero-order chi connectivity index (χ0) is 21.4. The lowest BCUT2D eigenvalue weighted by atomic mass is 10.1. The van der Waals surface area contributed by atoms with Gasteiger partial charge in [0.1, 0.15) is 0 Å². The molecule has 1 unspecified atom stereocenters. The molecule has 4 aromatic rings. The number of nitrogens with one attached hydrogen (secondary N) is 2. The predicted octanol–water partition coefficient (Wildman–Crippen LogP) is 5.53. The summed E-state index contributed by atoms with van der Waals surface area (Å²) in [5.74, 6) is -0.559. The standard InChI is InChI=1S/C25H21N3O2S/c1-15-9-11-17(12-10-15)23(29)28-25-27-22-19(13-14-21(22)31-25)24(30)26-20-8-4-6-16-5-2-3-7-18(16)20/h2-12,19H,13-14H2,1H3,(H,26,30)(H,27,28,29). The molecule has 1 aromatic heterocycles. The summed E-state index contributed by atoms with van der Waals surface area (Å²) in [5.41, 5.74) is 3.28. The molecule has 0 fully saturated rings. The van der Waals surface area contributed by atoms with Gasteiger partial charge in [-0.05, 0) is 43.4 Å². The number of aromatic nitrogens is 1. The molecule has 1 atom stereocenters. The Bertz CT molecular complexity index is 1290. The molecule has 2 N–H and O–H groups in total. The van der Waals surface area contributed by atoms with Crippen molar-refractivity contribution in [1.29, 1.82) is 0 Å². The number of aryl methyl sites for hydroxylation is 2. The highest BCUT2D eigenvalue weighted by atomic mass is 32.1. The third kappa shape index (κ3) is 3.82. The molecule has 3 aromatic carbocycles. The van der Waals surface area contributed by atoms with Crippen molar-refractivity contribution >= 4 is 44.7 Å². The number of rotatable bonds is 4. The molecule has 0 saturated heterocycles. The van der Waals surface area contributed by atoms with Crippen LogP contribution in [0, 0.1) is 6.92 Å². The van der Waals surface area contributed by atoms with Crippen molar-refractivity contribution in [3.05, 3.63) is 88.4 Å². The van der Waals surface area contributed by atoms with Crippen molar-refractivity contribution in [2.24, 2.45) is 0 Å². The highest BCUT2D eigenvalue weighted by molar-refractivity contribution is 7.16. The minimum Gasteiger partial charge on any atom is -0.325 e. The summed E-state index contributed by atoms with van der Waals surface area (Å²) in [6, 6.07) is 21.3. The van der Waals surface area contributed by atoms with Gasteiger partial charge in [0.05, 0.1) is 11.6 Å². The monoisotopic (exact) mass is 427 g/mol. The van der Waals surface area contributed by atoms with Crippen molar-refractivity contribution in [1.82, 2.24) is 4.98 Å². The second-order valence-corrected chi connectivity index (χ2v) is 8.84. The van der Waals surface area contributed by atoms with Gasteiger partial charge in [-0.1, -0.05) is 54.1 Å². The van der Waals surface area contributed by atoms with Crippen LogP contribution in [-0.4, -0.2) is 16.8 Å². The average molecular weight is 428 g/mol. The van der Waals surface area contributed by atoms with Crippen LogP contribution in [0.1, 0.15) is 38.8 Å². The van der Waals surface area contributed by atoms with E-state index in [2.05, 4.69) is 15.6 Å². The Hall–Kier alpha value is -3.51. The van der Waals surface area contributed by atoms with E-state index in [0.29, 0.717) is 10.7 Å². The Balaban J connectivity index is 1.33. The molecule has 6 heteroatoms. The van der Waals surface area contributed by atoms with Gasteiger partial charge in [-0.2, -0.15) is 0 Å². The molecular weight excluding hydrogens is 406 g/mol. The van der Waals surface area contributed by atoms with E-state index in [-0.39, 0.29) is 17.7 Å². The fourth-order valence-electron chi connectivity index (χ4n) is 3.96. The SMILES string of the molecule is Cc1ccc(C(=O)Nc2nc3c(s2)CCC3C(=O)Nc2cccc3ccccc23)cc1.